The second-order valence-electron chi connectivity index (χ2n) is 5.43. The van der Waals surface area contributed by atoms with Crippen molar-refractivity contribution in [2.24, 2.45) is 5.92 Å². The molecule has 1 aliphatic carbocycles. The molecule has 98 valence electrons. The van der Waals surface area contributed by atoms with Gasteiger partial charge in [0.05, 0.1) is 0 Å². The molecule has 0 spiro atoms. The Bertz CT molecular complexity index is 236. The van der Waals surface area contributed by atoms with Crippen molar-refractivity contribution >= 4 is 11.6 Å². The summed E-state index contributed by atoms with van der Waals surface area (Å²) in [7, 11) is 0. The van der Waals surface area contributed by atoms with E-state index in [1.54, 1.807) is 5.54 Å². The van der Waals surface area contributed by atoms with Gasteiger partial charge in [-0.1, -0.05) is 36.9 Å². The van der Waals surface area contributed by atoms with Gasteiger partial charge in [0, 0.05) is 24.7 Å². The summed E-state index contributed by atoms with van der Waals surface area (Å²) in [6, 6.07) is 0.710. The SMILES string of the molecule is Cl/C=C/CN1CCCNC(C2CCCCC2)C1. The molecule has 2 aliphatic rings. The molecular formula is C14H25ClN2. The topological polar surface area (TPSA) is 15.3 Å². The van der Waals surface area contributed by atoms with E-state index >= 15 is 0 Å². The van der Waals surface area contributed by atoms with Gasteiger partial charge in [-0.3, -0.25) is 4.90 Å². The van der Waals surface area contributed by atoms with Crippen LogP contribution in [0.5, 0.6) is 0 Å². The van der Waals surface area contributed by atoms with E-state index < -0.39 is 0 Å². The van der Waals surface area contributed by atoms with E-state index in [1.165, 1.54) is 58.2 Å². The molecule has 2 rings (SSSR count). The molecule has 2 fully saturated rings. The van der Waals surface area contributed by atoms with Crippen LogP contribution in [0, 0.1) is 5.92 Å². The molecule has 2 nitrogen and oxygen atoms in total. The molecule has 3 heteroatoms. The van der Waals surface area contributed by atoms with Gasteiger partial charge in [0.15, 0.2) is 0 Å². The van der Waals surface area contributed by atoms with Gasteiger partial charge < -0.3 is 5.32 Å². The molecule has 1 aliphatic heterocycles. The summed E-state index contributed by atoms with van der Waals surface area (Å²) >= 11 is 5.62. The lowest BCUT2D eigenvalue weighted by Crippen LogP contribution is -2.43. The molecule has 1 N–H and O–H groups in total. The predicted molar refractivity (Wildman–Crippen MR) is 74.4 cm³/mol. The fourth-order valence-electron chi connectivity index (χ4n) is 3.23. The number of nitrogens with one attached hydrogen (secondary N) is 1. The zero-order chi connectivity index (χ0) is 11.9. The van der Waals surface area contributed by atoms with Crippen LogP contribution in [-0.2, 0) is 0 Å². The van der Waals surface area contributed by atoms with Gasteiger partial charge in [-0.05, 0) is 38.3 Å². The van der Waals surface area contributed by atoms with Crippen LogP contribution >= 0.6 is 11.6 Å². The smallest absolute Gasteiger partial charge is 0.0223 e. The maximum Gasteiger partial charge on any atom is 0.0223 e. The lowest BCUT2D eigenvalue weighted by atomic mass is 9.83. The Morgan fingerprint density at radius 2 is 2.00 bits per heavy atom. The van der Waals surface area contributed by atoms with Crippen molar-refractivity contribution in [2.75, 3.05) is 26.2 Å². The first kappa shape index (κ1) is 13.4. The lowest BCUT2D eigenvalue weighted by molar-refractivity contribution is 0.217. The fraction of sp³-hybridized carbons (Fsp3) is 0.857. The Morgan fingerprint density at radius 1 is 1.18 bits per heavy atom. The highest BCUT2D eigenvalue weighted by atomic mass is 35.5. The average Bonchev–Trinajstić information content (AvgIpc) is 2.63. The molecule has 0 aromatic heterocycles. The molecule has 1 unspecified atom stereocenters. The van der Waals surface area contributed by atoms with E-state index in [2.05, 4.69) is 16.3 Å². The lowest BCUT2D eigenvalue weighted by Gasteiger charge is -2.32. The highest BCUT2D eigenvalue weighted by Gasteiger charge is 2.26. The Morgan fingerprint density at radius 3 is 2.76 bits per heavy atom. The van der Waals surface area contributed by atoms with E-state index in [0.29, 0.717) is 6.04 Å². The number of rotatable bonds is 3. The second-order valence-corrected chi connectivity index (χ2v) is 5.69. The first-order valence-electron chi connectivity index (χ1n) is 7.11. The Balaban J connectivity index is 1.86. The van der Waals surface area contributed by atoms with Crippen LogP contribution in [0.15, 0.2) is 11.6 Å². The van der Waals surface area contributed by atoms with E-state index in [4.69, 9.17) is 11.6 Å². The zero-order valence-corrected chi connectivity index (χ0v) is 11.5. The highest BCUT2D eigenvalue weighted by molar-refractivity contribution is 6.25. The average molecular weight is 257 g/mol. The van der Waals surface area contributed by atoms with Gasteiger partial charge in [0.25, 0.3) is 0 Å². The standard InChI is InChI=1S/C14H25ClN2/c15-8-4-10-17-11-5-9-16-14(12-17)13-6-2-1-3-7-13/h4,8,13-14,16H,1-3,5-7,9-12H2/b8-4+. The maximum absolute atomic E-state index is 5.62. The summed E-state index contributed by atoms with van der Waals surface area (Å²) in [6.07, 6.45) is 10.5. The molecule has 0 aromatic carbocycles. The minimum absolute atomic E-state index is 0.710. The highest BCUT2D eigenvalue weighted by Crippen LogP contribution is 2.27. The number of nitrogens with zero attached hydrogens (tertiary/aromatic N) is 1. The summed E-state index contributed by atoms with van der Waals surface area (Å²) < 4.78 is 0. The summed E-state index contributed by atoms with van der Waals surface area (Å²) in [5, 5.41) is 3.76. The quantitative estimate of drug-likeness (QED) is 0.835. The van der Waals surface area contributed by atoms with Crippen LogP contribution in [-0.4, -0.2) is 37.1 Å². The van der Waals surface area contributed by atoms with Crippen LogP contribution < -0.4 is 5.32 Å². The van der Waals surface area contributed by atoms with E-state index in [9.17, 15) is 0 Å². The van der Waals surface area contributed by atoms with Crippen LogP contribution in [0.2, 0.25) is 0 Å². The largest absolute Gasteiger partial charge is 0.312 e. The van der Waals surface area contributed by atoms with Crippen molar-refractivity contribution in [3.63, 3.8) is 0 Å². The summed E-state index contributed by atoms with van der Waals surface area (Å²) in [6.45, 7) is 4.60. The van der Waals surface area contributed by atoms with Crippen LogP contribution in [0.1, 0.15) is 38.5 Å². The third kappa shape index (κ3) is 4.27. The molecule has 1 heterocycles. The summed E-state index contributed by atoms with van der Waals surface area (Å²) in [5.74, 6) is 0.907. The van der Waals surface area contributed by atoms with Gasteiger partial charge in [-0.15, -0.1) is 0 Å². The van der Waals surface area contributed by atoms with Crippen molar-refractivity contribution in [3.05, 3.63) is 11.6 Å². The first-order chi connectivity index (χ1) is 8.40. The minimum atomic E-state index is 0.710. The molecule has 1 atom stereocenters. The second kappa shape index (κ2) is 7.40. The van der Waals surface area contributed by atoms with Crippen molar-refractivity contribution in [1.82, 2.24) is 10.2 Å². The minimum Gasteiger partial charge on any atom is -0.312 e. The van der Waals surface area contributed by atoms with Crippen molar-refractivity contribution < 1.29 is 0 Å². The first-order valence-corrected chi connectivity index (χ1v) is 7.55. The van der Waals surface area contributed by atoms with Gasteiger partial charge in [-0.25, -0.2) is 0 Å². The number of halogens is 1. The summed E-state index contributed by atoms with van der Waals surface area (Å²) in [4.78, 5) is 2.54. The summed E-state index contributed by atoms with van der Waals surface area (Å²) in [5.41, 5.74) is 1.65. The third-order valence-electron chi connectivity index (χ3n) is 4.18. The van der Waals surface area contributed by atoms with Gasteiger partial charge >= 0.3 is 0 Å². The zero-order valence-electron chi connectivity index (χ0n) is 10.7. The van der Waals surface area contributed by atoms with Crippen LogP contribution in [0.3, 0.4) is 0 Å². The molecule has 0 amide bonds. The fourth-order valence-corrected chi connectivity index (χ4v) is 3.31. The number of hydrogen-bond donors (Lipinski definition) is 1. The molecular weight excluding hydrogens is 232 g/mol. The van der Waals surface area contributed by atoms with E-state index in [-0.39, 0.29) is 0 Å². The third-order valence-corrected chi connectivity index (χ3v) is 4.36. The molecule has 0 aromatic rings. The Kier molecular flexibility index (Phi) is 5.82. The monoisotopic (exact) mass is 256 g/mol. The van der Waals surface area contributed by atoms with Gasteiger partial charge in [0.2, 0.25) is 0 Å². The van der Waals surface area contributed by atoms with Crippen LogP contribution in [0.4, 0.5) is 0 Å². The number of hydrogen-bond acceptors (Lipinski definition) is 2. The normalized spacial score (nSPS) is 29.6. The van der Waals surface area contributed by atoms with Gasteiger partial charge in [0.1, 0.15) is 0 Å². The Hall–Kier alpha value is -0.0500. The molecule has 1 saturated carbocycles. The molecule has 17 heavy (non-hydrogen) atoms. The van der Waals surface area contributed by atoms with Crippen molar-refractivity contribution in [3.8, 4) is 0 Å². The van der Waals surface area contributed by atoms with Crippen molar-refractivity contribution in [2.45, 2.75) is 44.6 Å². The maximum atomic E-state index is 5.62. The molecule has 1 saturated heterocycles. The van der Waals surface area contributed by atoms with Crippen molar-refractivity contribution in [1.29, 1.82) is 0 Å². The van der Waals surface area contributed by atoms with Crippen LogP contribution in [0.25, 0.3) is 0 Å². The van der Waals surface area contributed by atoms with Gasteiger partial charge in [-0.2, -0.15) is 0 Å². The van der Waals surface area contributed by atoms with E-state index in [1.807, 2.05) is 0 Å². The predicted octanol–water partition coefficient (Wildman–Crippen LogP) is 2.98. The molecule has 0 bridgehead atoms. The van der Waals surface area contributed by atoms with E-state index in [0.717, 1.165) is 12.5 Å². The Labute approximate surface area is 110 Å². The molecule has 0 radical (unpaired) electrons.